The number of nitrogens with one attached hydrogen (secondary N) is 1. The summed E-state index contributed by atoms with van der Waals surface area (Å²) < 4.78 is 15.9. The van der Waals surface area contributed by atoms with Crippen molar-refractivity contribution in [1.29, 1.82) is 0 Å². The van der Waals surface area contributed by atoms with Gasteiger partial charge in [-0.15, -0.1) is 0 Å². The quantitative estimate of drug-likeness (QED) is 0.677. The topological polar surface area (TPSA) is 39.7 Å². The zero-order valence-electron chi connectivity index (χ0n) is 9.86. The highest BCUT2D eigenvalue weighted by Gasteiger charge is 1.94. The molecule has 0 aromatic heterocycles. The zero-order chi connectivity index (χ0) is 11.6. The van der Waals surface area contributed by atoms with Gasteiger partial charge in [0.1, 0.15) is 18.1 Å². The molecule has 0 amide bonds. The van der Waals surface area contributed by atoms with E-state index in [1.165, 1.54) is 0 Å². The van der Waals surface area contributed by atoms with E-state index in [0.717, 1.165) is 18.0 Å². The van der Waals surface area contributed by atoms with Gasteiger partial charge < -0.3 is 19.5 Å². The lowest BCUT2D eigenvalue weighted by Crippen LogP contribution is -2.16. The van der Waals surface area contributed by atoms with Crippen LogP contribution in [0, 0.1) is 0 Å². The molecule has 0 unspecified atom stereocenters. The summed E-state index contributed by atoms with van der Waals surface area (Å²) in [6, 6.07) is 7.51. The Morgan fingerprint density at radius 2 is 1.69 bits per heavy atom. The summed E-state index contributed by atoms with van der Waals surface area (Å²) in [5.74, 6) is 1.66. The van der Waals surface area contributed by atoms with Gasteiger partial charge in [-0.3, -0.25) is 0 Å². The van der Waals surface area contributed by atoms with E-state index in [2.05, 4.69) is 5.32 Å². The smallest absolute Gasteiger partial charge is 0.119 e. The van der Waals surface area contributed by atoms with Crippen LogP contribution < -0.4 is 14.8 Å². The summed E-state index contributed by atoms with van der Waals surface area (Å²) in [5.41, 5.74) is 0. The van der Waals surface area contributed by atoms with Gasteiger partial charge in [0.15, 0.2) is 0 Å². The molecule has 0 spiro atoms. The Morgan fingerprint density at radius 3 is 2.31 bits per heavy atom. The Balaban J connectivity index is 2.12. The lowest BCUT2D eigenvalue weighted by atomic mass is 10.3. The van der Waals surface area contributed by atoms with Crippen molar-refractivity contribution in [3.05, 3.63) is 24.3 Å². The summed E-state index contributed by atoms with van der Waals surface area (Å²) in [5, 5.41) is 3.01. The van der Waals surface area contributed by atoms with Crippen LogP contribution in [0.4, 0.5) is 0 Å². The number of benzene rings is 1. The molecular weight excluding hydrogens is 206 g/mol. The van der Waals surface area contributed by atoms with Gasteiger partial charge in [-0.1, -0.05) is 0 Å². The van der Waals surface area contributed by atoms with Gasteiger partial charge in [0.2, 0.25) is 0 Å². The number of methoxy groups -OCH3 is 1. The largest absolute Gasteiger partial charge is 0.497 e. The van der Waals surface area contributed by atoms with Crippen LogP contribution in [0.15, 0.2) is 24.3 Å². The molecule has 0 aliphatic carbocycles. The molecule has 0 aliphatic rings. The monoisotopic (exact) mass is 225 g/mol. The molecule has 0 bridgehead atoms. The fourth-order valence-electron chi connectivity index (χ4n) is 1.17. The highest BCUT2D eigenvalue weighted by molar-refractivity contribution is 5.31. The van der Waals surface area contributed by atoms with Crippen molar-refractivity contribution in [2.24, 2.45) is 0 Å². The predicted octanol–water partition coefficient (Wildman–Crippen LogP) is 1.31. The van der Waals surface area contributed by atoms with E-state index in [-0.39, 0.29) is 0 Å². The molecule has 0 heterocycles. The van der Waals surface area contributed by atoms with Crippen LogP contribution in [0.25, 0.3) is 0 Å². The Morgan fingerprint density at radius 1 is 1.00 bits per heavy atom. The molecule has 4 nitrogen and oxygen atoms in total. The number of hydrogen-bond donors (Lipinski definition) is 1. The normalized spacial score (nSPS) is 10.1. The summed E-state index contributed by atoms with van der Waals surface area (Å²) in [6.07, 6.45) is 0. The SMILES string of the molecule is CNCCOCCOc1ccc(OC)cc1. The minimum absolute atomic E-state index is 0.566. The van der Waals surface area contributed by atoms with Crippen molar-refractivity contribution in [1.82, 2.24) is 5.32 Å². The van der Waals surface area contributed by atoms with E-state index >= 15 is 0 Å². The van der Waals surface area contributed by atoms with Gasteiger partial charge in [-0.25, -0.2) is 0 Å². The summed E-state index contributed by atoms with van der Waals surface area (Å²) in [7, 11) is 3.54. The summed E-state index contributed by atoms with van der Waals surface area (Å²) in [6.45, 7) is 2.74. The Labute approximate surface area is 96.5 Å². The molecule has 0 radical (unpaired) electrons. The van der Waals surface area contributed by atoms with Gasteiger partial charge in [0.25, 0.3) is 0 Å². The number of likely N-dealkylation sites (N-methyl/N-ethyl adjacent to an activating group) is 1. The van der Waals surface area contributed by atoms with Crippen LogP contribution >= 0.6 is 0 Å². The molecular formula is C12H19NO3. The third-order valence-electron chi connectivity index (χ3n) is 2.05. The van der Waals surface area contributed by atoms with Crippen LogP contribution in [0.5, 0.6) is 11.5 Å². The highest BCUT2D eigenvalue weighted by atomic mass is 16.5. The first-order valence-corrected chi connectivity index (χ1v) is 5.36. The maximum Gasteiger partial charge on any atom is 0.119 e. The molecule has 0 saturated carbocycles. The molecule has 90 valence electrons. The van der Waals surface area contributed by atoms with Crippen molar-refractivity contribution < 1.29 is 14.2 Å². The first-order chi connectivity index (χ1) is 7.86. The Bertz CT molecular complexity index is 274. The molecule has 0 saturated heterocycles. The third kappa shape index (κ3) is 5.00. The minimum atomic E-state index is 0.566. The average molecular weight is 225 g/mol. The molecule has 0 fully saturated rings. The van der Waals surface area contributed by atoms with E-state index in [9.17, 15) is 0 Å². The van der Waals surface area contributed by atoms with Crippen molar-refractivity contribution in [3.63, 3.8) is 0 Å². The fraction of sp³-hybridized carbons (Fsp3) is 0.500. The number of ether oxygens (including phenoxy) is 3. The van der Waals surface area contributed by atoms with Crippen LogP contribution in [0.1, 0.15) is 0 Å². The van der Waals surface area contributed by atoms with Gasteiger partial charge in [-0.05, 0) is 31.3 Å². The minimum Gasteiger partial charge on any atom is -0.497 e. The maximum absolute atomic E-state index is 5.48. The van der Waals surface area contributed by atoms with Crippen molar-refractivity contribution >= 4 is 0 Å². The van der Waals surface area contributed by atoms with E-state index in [1.807, 2.05) is 31.3 Å². The van der Waals surface area contributed by atoms with E-state index in [0.29, 0.717) is 19.8 Å². The summed E-state index contributed by atoms with van der Waals surface area (Å²) >= 11 is 0. The molecule has 1 N–H and O–H groups in total. The fourth-order valence-corrected chi connectivity index (χ4v) is 1.17. The van der Waals surface area contributed by atoms with Crippen molar-refractivity contribution in [2.45, 2.75) is 0 Å². The summed E-state index contributed by atoms with van der Waals surface area (Å²) in [4.78, 5) is 0. The predicted molar refractivity (Wildman–Crippen MR) is 63.2 cm³/mol. The zero-order valence-corrected chi connectivity index (χ0v) is 9.86. The Kier molecular flexibility index (Phi) is 6.37. The molecule has 1 rings (SSSR count). The van der Waals surface area contributed by atoms with Gasteiger partial charge in [0.05, 0.1) is 20.3 Å². The van der Waals surface area contributed by atoms with Crippen molar-refractivity contribution in [2.75, 3.05) is 40.5 Å². The third-order valence-corrected chi connectivity index (χ3v) is 2.05. The highest BCUT2D eigenvalue weighted by Crippen LogP contribution is 2.16. The average Bonchev–Trinajstić information content (AvgIpc) is 2.34. The second-order valence-electron chi connectivity index (χ2n) is 3.24. The molecule has 1 aromatic rings. The van der Waals surface area contributed by atoms with Crippen LogP contribution in [-0.4, -0.2) is 40.5 Å². The van der Waals surface area contributed by atoms with E-state index in [1.54, 1.807) is 7.11 Å². The van der Waals surface area contributed by atoms with Crippen molar-refractivity contribution in [3.8, 4) is 11.5 Å². The van der Waals surface area contributed by atoms with Gasteiger partial charge in [-0.2, -0.15) is 0 Å². The first kappa shape index (κ1) is 12.8. The van der Waals surface area contributed by atoms with E-state index in [4.69, 9.17) is 14.2 Å². The lowest BCUT2D eigenvalue weighted by Gasteiger charge is -2.07. The first-order valence-electron chi connectivity index (χ1n) is 5.36. The van der Waals surface area contributed by atoms with E-state index < -0.39 is 0 Å². The van der Waals surface area contributed by atoms with Crippen LogP contribution in [-0.2, 0) is 4.74 Å². The molecule has 4 heteroatoms. The second-order valence-corrected chi connectivity index (χ2v) is 3.24. The molecule has 16 heavy (non-hydrogen) atoms. The maximum atomic E-state index is 5.48. The number of hydrogen-bond acceptors (Lipinski definition) is 4. The number of rotatable bonds is 8. The lowest BCUT2D eigenvalue weighted by molar-refractivity contribution is 0.103. The van der Waals surface area contributed by atoms with Gasteiger partial charge in [0, 0.05) is 6.54 Å². The standard InChI is InChI=1S/C12H19NO3/c1-13-7-8-15-9-10-16-12-5-3-11(14-2)4-6-12/h3-6,13H,7-10H2,1-2H3. The Hall–Kier alpha value is -1.26. The van der Waals surface area contributed by atoms with Crippen LogP contribution in [0.3, 0.4) is 0 Å². The molecule has 1 aromatic carbocycles. The molecule has 0 atom stereocenters. The molecule has 0 aliphatic heterocycles. The van der Waals surface area contributed by atoms with Crippen LogP contribution in [0.2, 0.25) is 0 Å². The second kappa shape index (κ2) is 7.96. The van der Waals surface area contributed by atoms with Gasteiger partial charge >= 0.3 is 0 Å².